The van der Waals surface area contributed by atoms with Crippen LogP contribution in [-0.2, 0) is 5.88 Å². The molecule has 0 unspecified atom stereocenters. The van der Waals surface area contributed by atoms with E-state index in [4.69, 9.17) is 11.6 Å². The minimum Gasteiger partial charge on any atom is -0.297 e. The van der Waals surface area contributed by atoms with Crippen LogP contribution >= 0.6 is 22.9 Å². The second-order valence-corrected chi connectivity index (χ2v) is 4.26. The molecular formula is C10H6ClFOS. The van der Waals surface area contributed by atoms with Gasteiger partial charge in [0.15, 0.2) is 6.29 Å². The van der Waals surface area contributed by atoms with Crippen molar-refractivity contribution >= 4 is 39.3 Å². The molecule has 2 rings (SSSR count). The van der Waals surface area contributed by atoms with E-state index in [1.807, 2.05) is 0 Å². The molecule has 0 bridgehead atoms. The molecule has 72 valence electrons. The summed E-state index contributed by atoms with van der Waals surface area (Å²) < 4.78 is 14.0. The summed E-state index contributed by atoms with van der Waals surface area (Å²) in [5.41, 5.74) is 0.467. The fraction of sp³-hybridized carbons (Fsp3) is 0.100. The van der Waals surface area contributed by atoms with Gasteiger partial charge in [-0.2, -0.15) is 0 Å². The van der Waals surface area contributed by atoms with E-state index >= 15 is 0 Å². The second kappa shape index (κ2) is 3.67. The topological polar surface area (TPSA) is 17.1 Å². The third kappa shape index (κ3) is 1.53. The molecule has 2 aromatic rings. The van der Waals surface area contributed by atoms with Crippen LogP contribution in [-0.4, -0.2) is 6.29 Å². The highest BCUT2D eigenvalue weighted by Gasteiger charge is 2.06. The number of halogens is 2. The van der Waals surface area contributed by atoms with Crippen molar-refractivity contribution < 1.29 is 9.18 Å². The van der Waals surface area contributed by atoms with E-state index in [9.17, 15) is 9.18 Å². The molecule has 4 heteroatoms. The number of benzene rings is 1. The number of alkyl halides is 1. The van der Waals surface area contributed by atoms with Gasteiger partial charge in [0.1, 0.15) is 5.82 Å². The van der Waals surface area contributed by atoms with Crippen LogP contribution in [0.3, 0.4) is 0 Å². The minimum atomic E-state index is -0.313. The zero-order valence-electron chi connectivity index (χ0n) is 7.09. The average Bonchev–Trinajstić information content (AvgIpc) is 2.58. The zero-order valence-corrected chi connectivity index (χ0v) is 8.66. The molecule has 1 nitrogen and oxygen atoms in total. The molecule has 0 aliphatic rings. The number of hydrogen-bond donors (Lipinski definition) is 0. The summed E-state index contributed by atoms with van der Waals surface area (Å²) in [6, 6.07) is 4.84. The van der Waals surface area contributed by atoms with Gasteiger partial charge in [0.05, 0.1) is 10.8 Å². The van der Waals surface area contributed by atoms with Gasteiger partial charge in [-0.05, 0) is 23.6 Å². The van der Waals surface area contributed by atoms with Gasteiger partial charge in [-0.1, -0.05) is 0 Å². The summed E-state index contributed by atoms with van der Waals surface area (Å²) in [6.07, 6.45) is 0.767. The Labute approximate surface area is 89.1 Å². The maximum absolute atomic E-state index is 13.3. The molecule has 0 saturated carbocycles. The van der Waals surface area contributed by atoms with Crippen molar-refractivity contribution in [2.45, 2.75) is 5.88 Å². The minimum absolute atomic E-state index is 0.147. The molecule has 0 atom stereocenters. The van der Waals surface area contributed by atoms with Crippen molar-refractivity contribution in [3.8, 4) is 0 Å². The quantitative estimate of drug-likeness (QED) is 0.567. The lowest BCUT2D eigenvalue weighted by atomic mass is 10.2. The van der Waals surface area contributed by atoms with Gasteiger partial charge in [0.2, 0.25) is 0 Å². The maximum Gasteiger partial charge on any atom is 0.160 e. The fourth-order valence-corrected chi connectivity index (χ4v) is 2.38. The molecule has 0 aliphatic heterocycles. The average molecular weight is 229 g/mol. The van der Waals surface area contributed by atoms with E-state index < -0.39 is 0 Å². The summed E-state index contributed by atoms with van der Waals surface area (Å²) in [7, 11) is 0. The first-order valence-corrected chi connectivity index (χ1v) is 5.33. The van der Waals surface area contributed by atoms with Gasteiger partial charge >= 0.3 is 0 Å². The maximum atomic E-state index is 13.3. The summed E-state index contributed by atoms with van der Waals surface area (Å²) in [5.74, 6) is -0.166. The van der Waals surface area contributed by atoms with Crippen molar-refractivity contribution in [1.29, 1.82) is 0 Å². The van der Waals surface area contributed by atoms with Crippen molar-refractivity contribution in [2.75, 3.05) is 0 Å². The number of carbonyl (C=O) groups is 1. The normalized spacial score (nSPS) is 10.7. The van der Waals surface area contributed by atoms with Gasteiger partial charge in [0, 0.05) is 10.3 Å². The first-order valence-electron chi connectivity index (χ1n) is 3.97. The van der Waals surface area contributed by atoms with E-state index in [1.165, 1.54) is 17.4 Å². The van der Waals surface area contributed by atoms with Crippen LogP contribution in [0.25, 0.3) is 10.1 Å². The Morgan fingerprint density at radius 2 is 2.21 bits per heavy atom. The molecule has 0 amide bonds. The third-order valence-electron chi connectivity index (χ3n) is 1.96. The van der Waals surface area contributed by atoms with Crippen LogP contribution in [0.1, 0.15) is 15.2 Å². The predicted molar refractivity (Wildman–Crippen MR) is 56.7 cm³/mol. The molecule has 14 heavy (non-hydrogen) atoms. The molecule has 0 saturated heterocycles. The monoisotopic (exact) mass is 228 g/mol. The first-order chi connectivity index (χ1) is 6.74. The standard InChI is InChI=1S/C10H6ClFOS/c11-4-7-1-6-2-8(5-13)14-10(6)3-9(7)12/h1-3,5H,4H2. The van der Waals surface area contributed by atoms with Crippen LogP contribution in [0.15, 0.2) is 18.2 Å². The third-order valence-corrected chi connectivity index (χ3v) is 3.28. The summed E-state index contributed by atoms with van der Waals surface area (Å²) in [6.45, 7) is 0. The Morgan fingerprint density at radius 3 is 2.86 bits per heavy atom. The second-order valence-electron chi connectivity index (χ2n) is 2.88. The smallest absolute Gasteiger partial charge is 0.160 e. The molecule has 0 aliphatic carbocycles. The SMILES string of the molecule is O=Cc1cc2cc(CCl)c(F)cc2s1. The number of carbonyl (C=O) groups excluding carboxylic acids is 1. The van der Waals surface area contributed by atoms with Crippen molar-refractivity contribution in [3.63, 3.8) is 0 Å². The van der Waals surface area contributed by atoms with E-state index in [-0.39, 0.29) is 11.7 Å². The summed E-state index contributed by atoms with van der Waals surface area (Å²) in [5, 5.41) is 0.870. The van der Waals surface area contributed by atoms with E-state index in [2.05, 4.69) is 0 Å². The lowest BCUT2D eigenvalue weighted by molar-refractivity contribution is 0.112. The molecule has 0 radical (unpaired) electrons. The molecule has 0 fully saturated rings. The Kier molecular flexibility index (Phi) is 2.52. The highest BCUT2D eigenvalue weighted by molar-refractivity contribution is 7.20. The first kappa shape index (κ1) is 9.62. The van der Waals surface area contributed by atoms with Gasteiger partial charge in [0.25, 0.3) is 0 Å². The lowest BCUT2D eigenvalue weighted by Crippen LogP contribution is -1.83. The van der Waals surface area contributed by atoms with E-state index in [0.717, 1.165) is 16.4 Å². The number of rotatable bonds is 2. The van der Waals surface area contributed by atoms with Crippen LogP contribution in [0.2, 0.25) is 0 Å². The number of aldehydes is 1. The molecular weight excluding hydrogens is 223 g/mol. The number of hydrogen-bond acceptors (Lipinski definition) is 2. The number of thiophene rings is 1. The zero-order chi connectivity index (χ0) is 10.1. The Hall–Kier alpha value is -0.930. The highest BCUT2D eigenvalue weighted by Crippen LogP contribution is 2.27. The van der Waals surface area contributed by atoms with E-state index in [1.54, 1.807) is 12.1 Å². The van der Waals surface area contributed by atoms with Gasteiger partial charge in [-0.15, -0.1) is 22.9 Å². The molecule has 1 aromatic heterocycles. The number of fused-ring (bicyclic) bond motifs is 1. The highest BCUT2D eigenvalue weighted by atomic mass is 35.5. The van der Waals surface area contributed by atoms with Crippen LogP contribution in [0.5, 0.6) is 0 Å². The van der Waals surface area contributed by atoms with Crippen molar-refractivity contribution in [3.05, 3.63) is 34.5 Å². The summed E-state index contributed by atoms with van der Waals surface area (Å²) >= 11 is 6.85. The van der Waals surface area contributed by atoms with Crippen LogP contribution in [0.4, 0.5) is 4.39 Å². The van der Waals surface area contributed by atoms with Gasteiger partial charge < -0.3 is 0 Å². The molecule has 0 N–H and O–H groups in total. The van der Waals surface area contributed by atoms with Crippen LogP contribution < -0.4 is 0 Å². The lowest BCUT2D eigenvalue weighted by Gasteiger charge is -1.97. The fourth-order valence-electron chi connectivity index (χ4n) is 1.29. The molecule has 1 aromatic carbocycles. The largest absolute Gasteiger partial charge is 0.297 e. The van der Waals surface area contributed by atoms with Crippen molar-refractivity contribution in [1.82, 2.24) is 0 Å². The Balaban J connectivity index is 2.69. The van der Waals surface area contributed by atoms with E-state index in [0.29, 0.717) is 10.4 Å². The predicted octanol–water partition coefficient (Wildman–Crippen LogP) is 3.59. The van der Waals surface area contributed by atoms with Gasteiger partial charge in [-0.3, -0.25) is 4.79 Å². The van der Waals surface area contributed by atoms with Crippen molar-refractivity contribution in [2.24, 2.45) is 0 Å². The Bertz CT molecular complexity index is 492. The molecule has 1 heterocycles. The van der Waals surface area contributed by atoms with Gasteiger partial charge in [-0.25, -0.2) is 4.39 Å². The Morgan fingerprint density at radius 1 is 1.43 bits per heavy atom. The van der Waals surface area contributed by atoms with Crippen LogP contribution in [0, 0.1) is 5.82 Å². The molecule has 0 spiro atoms. The summed E-state index contributed by atoms with van der Waals surface area (Å²) in [4.78, 5) is 11.1.